The largest absolute Gasteiger partial charge is 0.522 e. The molecule has 1 amide bonds. The van der Waals surface area contributed by atoms with Crippen LogP contribution in [0.2, 0.25) is 0 Å². The Labute approximate surface area is 140 Å². The Morgan fingerprint density at radius 2 is 1.96 bits per heavy atom. The molecule has 2 bridgehead atoms. The van der Waals surface area contributed by atoms with Gasteiger partial charge in [0.15, 0.2) is 0 Å². The van der Waals surface area contributed by atoms with Gasteiger partial charge in [-0.3, -0.25) is 19.0 Å². The fraction of sp³-hybridized carbons (Fsp3) is 0.667. The number of likely N-dealkylation sites (tertiary alicyclic amines) is 1. The lowest BCUT2D eigenvalue weighted by atomic mass is 9.39. The molecule has 0 aromatic carbocycles. The molecule has 0 atom stereocenters. The molecule has 0 radical (unpaired) electrons. The predicted molar refractivity (Wildman–Crippen MR) is 75.5 cm³/mol. The second-order valence-electron chi connectivity index (χ2n) is 7.35. The van der Waals surface area contributed by atoms with Gasteiger partial charge in [0.25, 0.3) is 5.91 Å². The van der Waals surface area contributed by atoms with Gasteiger partial charge in [-0.25, -0.2) is 0 Å². The number of rotatable bonds is 5. The van der Waals surface area contributed by atoms with Gasteiger partial charge in [0.05, 0.1) is 29.3 Å². The summed E-state index contributed by atoms with van der Waals surface area (Å²) in [7, 11) is 0. The maximum atomic E-state index is 12.3. The van der Waals surface area contributed by atoms with E-state index in [-0.39, 0.29) is 30.5 Å². The van der Waals surface area contributed by atoms with Gasteiger partial charge in [0.1, 0.15) is 0 Å². The number of carbonyl (C=O) groups is 2. The highest BCUT2D eigenvalue weighted by Gasteiger charge is 2.73. The van der Waals surface area contributed by atoms with Crippen molar-refractivity contribution in [1.82, 2.24) is 14.7 Å². The van der Waals surface area contributed by atoms with E-state index in [9.17, 15) is 22.8 Å². The predicted octanol–water partition coefficient (Wildman–Crippen LogP) is 1.46. The molecular formula is C15H16F3N3O4. The molecule has 1 aromatic rings. The van der Waals surface area contributed by atoms with E-state index in [1.54, 1.807) is 10.9 Å². The fourth-order valence-electron chi connectivity index (χ4n) is 4.13. The molecule has 1 aromatic heterocycles. The molecule has 5 rings (SSSR count). The summed E-state index contributed by atoms with van der Waals surface area (Å²) in [6, 6.07) is 0. The highest BCUT2D eigenvalue weighted by atomic mass is 19.4. The van der Waals surface area contributed by atoms with Gasteiger partial charge >= 0.3 is 12.3 Å². The summed E-state index contributed by atoms with van der Waals surface area (Å²) in [4.78, 5) is 24.9. The average molecular weight is 359 g/mol. The molecule has 4 aliphatic rings. The first kappa shape index (κ1) is 16.4. The van der Waals surface area contributed by atoms with Crippen molar-refractivity contribution < 1.29 is 32.6 Å². The first-order valence-electron chi connectivity index (χ1n) is 7.91. The lowest BCUT2D eigenvalue weighted by Crippen LogP contribution is -2.70. The molecule has 1 N–H and O–H groups in total. The Balaban J connectivity index is 1.31. The lowest BCUT2D eigenvalue weighted by Gasteiger charge is -2.67. The van der Waals surface area contributed by atoms with Crippen LogP contribution in [-0.4, -0.2) is 57.7 Å². The van der Waals surface area contributed by atoms with Crippen molar-refractivity contribution >= 4 is 11.9 Å². The molecule has 2 heterocycles. The van der Waals surface area contributed by atoms with Crippen molar-refractivity contribution in [1.29, 1.82) is 0 Å². The standard InChI is InChI=1S/C15H16F3N3O4/c16-15(17,18)25-5-9-2-20(3-9)11(22)10-1-19-21(4-10)14-6-13(7-14,8-14)12(23)24/h1,4,9H,2-3,5-8H2,(H,23,24). The molecule has 136 valence electrons. The minimum Gasteiger partial charge on any atom is -0.481 e. The van der Waals surface area contributed by atoms with Crippen molar-refractivity contribution in [3.63, 3.8) is 0 Å². The molecule has 7 nitrogen and oxygen atoms in total. The second kappa shape index (κ2) is 4.96. The Morgan fingerprint density at radius 1 is 1.32 bits per heavy atom. The van der Waals surface area contributed by atoms with E-state index < -0.39 is 24.4 Å². The fourth-order valence-corrected chi connectivity index (χ4v) is 4.13. The van der Waals surface area contributed by atoms with Crippen molar-refractivity contribution in [3.05, 3.63) is 18.0 Å². The third kappa shape index (κ3) is 2.50. The highest BCUT2D eigenvalue weighted by molar-refractivity contribution is 5.94. The molecular weight excluding hydrogens is 343 g/mol. The lowest BCUT2D eigenvalue weighted by molar-refractivity contribution is -0.330. The molecule has 25 heavy (non-hydrogen) atoms. The van der Waals surface area contributed by atoms with Crippen molar-refractivity contribution in [3.8, 4) is 0 Å². The monoisotopic (exact) mass is 359 g/mol. The Hall–Kier alpha value is -2.10. The Kier molecular flexibility index (Phi) is 3.25. The first-order valence-corrected chi connectivity index (χ1v) is 7.91. The van der Waals surface area contributed by atoms with Gasteiger partial charge < -0.3 is 10.0 Å². The number of alkyl halides is 3. The molecule has 10 heteroatoms. The normalized spacial score (nSPS) is 31.1. The van der Waals surface area contributed by atoms with Crippen LogP contribution >= 0.6 is 0 Å². The van der Waals surface area contributed by atoms with E-state index in [0.717, 1.165) is 0 Å². The minimum absolute atomic E-state index is 0.216. The van der Waals surface area contributed by atoms with Crippen LogP contribution in [0.15, 0.2) is 12.4 Å². The smallest absolute Gasteiger partial charge is 0.481 e. The van der Waals surface area contributed by atoms with Gasteiger partial charge in [0.2, 0.25) is 0 Å². The van der Waals surface area contributed by atoms with Gasteiger partial charge in [-0.05, 0) is 19.3 Å². The topological polar surface area (TPSA) is 84.7 Å². The summed E-state index contributed by atoms with van der Waals surface area (Å²) in [6.07, 6.45) is -0.0637. The maximum Gasteiger partial charge on any atom is 0.522 e. The number of carbonyl (C=O) groups excluding carboxylic acids is 1. The van der Waals surface area contributed by atoms with Gasteiger partial charge in [-0.15, -0.1) is 13.2 Å². The van der Waals surface area contributed by atoms with E-state index in [0.29, 0.717) is 24.8 Å². The van der Waals surface area contributed by atoms with Crippen molar-refractivity contribution in [2.24, 2.45) is 11.3 Å². The zero-order valence-electron chi connectivity index (χ0n) is 13.1. The van der Waals surface area contributed by atoms with Crippen molar-refractivity contribution in [2.45, 2.75) is 31.2 Å². The summed E-state index contributed by atoms with van der Waals surface area (Å²) >= 11 is 0. The number of halogens is 3. The number of ether oxygens (including phenoxy) is 1. The van der Waals surface area contributed by atoms with Crippen LogP contribution in [0.5, 0.6) is 0 Å². The van der Waals surface area contributed by atoms with Crippen LogP contribution < -0.4 is 0 Å². The first-order chi connectivity index (χ1) is 11.6. The van der Waals surface area contributed by atoms with E-state index in [1.807, 2.05) is 0 Å². The average Bonchev–Trinajstić information content (AvgIpc) is 2.81. The summed E-state index contributed by atoms with van der Waals surface area (Å²) in [6.45, 7) is -0.0202. The highest BCUT2D eigenvalue weighted by Crippen LogP contribution is 2.71. The van der Waals surface area contributed by atoms with E-state index in [1.165, 1.54) is 11.1 Å². The van der Waals surface area contributed by atoms with Crippen LogP contribution in [0, 0.1) is 11.3 Å². The molecule has 3 saturated carbocycles. The van der Waals surface area contributed by atoms with Crippen LogP contribution in [0.25, 0.3) is 0 Å². The van der Waals surface area contributed by atoms with E-state index >= 15 is 0 Å². The number of nitrogens with zero attached hydrogens (tertiary/aromatic N) is 3. The molecule has 1 aliphatic heterocycles. The van der Waals surface area contributed by atoms with Crippen molar-refractivity contribution in [2.75, 3.05) is 19.7 Å². The summed E-state index contributed by atoms with van der Waals surface area (Å²) in [5.41, 5.74) is -0.557. The third-order valence-corrected chi connectivity index (χ3v) is 5.50. The molecule has 1 saturated heterocycles. The van der Waals surface area contributed by atoms with E-state index in [2.05, 4.69) is 9.84 Å². The summed E-state index contributed by atoms with van der Waals surface area (Å²) in [5, 5.41) is 13.3. The van der Waals surface area contributed by atoms with Crippen LogP contribution in [0.4, 0.5) is 13.2 Å². The van der Waals surface area contributed by atoms with Crippen LogP contribution in [0.1, 0.15) is 29.6 Å². The quantitative estimate of drug-likeness (QED) is 0.860. The van der Waals surface area contributed by atoms with Gasteiger partial charge in [0, 0.05) is 25.2 Å². The molecule has 0 spiro atoms. The third-order valence-electron chi connectivity index (χ3n) is 5.50. The number of carboxylic acids is 1. The number of amides is 1. The van der Waals surface area contributed by atoms with Gasteiger partial charge in [-0.2, -0.15) is 5.10 Å². The van der Waals surface area contributed by atoms with Gasteiger partial charge in [-0.1, -0.05) is 0 Å². The van der Waals surface area contributed by atoms with Crippen LogP contribution in [0.3, 0.4) is 0 Å². The minimum atomic E-state index is -4.65. The summed E-state index contributed by atoms with van der Waals surface area (Å²) < 4.78 is 41.4. The van der Waals surface area contributed by atoms with Crippen LogP contribution in [-0.2, 0) is 15.1 Å². The SMILES string of the molecule is O=C(c1cnn(C23CC(C(=O)O)(C2)C3)c1)N1CC(COC(F)(F)F)C1. The zero-order chi connectivity index (χ0) is 18.0. The molecule has 0 unspecified atom stereocenters. The number of hydrogen-bond donors (Lipinski definition) is 1. The second-order valence-corrected chi connectivity index (χ2v) is 7.35. The Morgan fingerprint density at radius 3 is 2.52 bits per heavy atom. The zero-order valence-corrected chi connectivity index (χ0v) is 13.1. The maximum absolute atomic E-state index is 12.3. The van der Waals surface area contributed by atoms with E-state index in [4.69, 9.17) is 5.11 Å². The molecule has 3 aliphatic carbocycles. The molecule has 4 fully saturated rings. The number of hydrogen-bond acceptors (Lipinski definition) is 4. The Bertz CT molecular complexity index is 719. The number of aromatic nitrogens is 2. The number of aliphatic carboxylic acids is 1. The number of carboxylic acid groups (broad SMARTS) is 1. The summed E-state index contributed by atoms with van der Waals surface area (Å²) in [5.74, 6) is -1.40.